The lowest BCUT2D eigenvalue weighted by Gasteiger charge is -2.32. The molecule has 1 atom stereocenters. The number of ether oxygens (including phenoxy) is 4. The highest BCUT2D eigenvalue weighted by atomic mass is 19.3. The molecule has 0 amide bonds. The zero-order chi connectivity index (χ0) is 27.9. The predicted molar refractivity (Wildman–Crippen MR) is 142 cm³/mol. The van der Waals surface area contributed by atoms with E-state index < -0.39 is 23.4 Å². The Morgan fingerprint density at radius 2 is 1.44 bits per heavy atom. The van der Waals surface area contributed by atoms with E-state index in [4.69, 9.17) is 18.9 Å². The molecule has 0 saturated heterocycles. The Morgan fingerprint density at radius 1 is 0.821 bits per heavy atom. The van der Waals surface area contributed by atoms with Gasteiger partial charge in [0.05, 0.1) is 37.1 Å². The summed E-state index contributed by atoms with van der Waals surface area (Å²) in [4.78, 5) is 11.9. The maximum absolute atomic E-state index is 15.5. The van der Waals surface area contributed by atoms with E-state index in [2.05, 4.69) is 28.8 Å². The van der Waals surface area contributed by atoms with Crippen LogP contribution >= 0.6 is 0 Å². The number of nitrogens with zero attached hydrogens (tertiary/aromatic N) is 3. The highest BCUT2D eigenvalue weighted by Crippen LogP contribution is 2.49. The lowest BCUT2D eigenvalue weighted by molar-refractivity contribution is -0.0501. The number of unbranched alkanes of at least 4 members (excludes halogenated alkanes) is 4. The van der Waals surface area contributed by atoms with E-state index in [-0.39, 0.29) is 30.1 Å². The number of rotatable bonds is 19. The van der Waals surface area contributed by atoms with Crippen molar-refractivity contribution in [3.05, 3.63) is 41.4 Å². The molecule has 1 aliphatic rings. The summed E-state index contributed by atoms with van der Waals surface area (Å²) >= 11 is 0. The minimum Gasteiger partial charge on any atom is -0.490 e. The minimum atomic E-state index is -3.50. The van der Waals surface area contributed by atoms with E-state index in [0.717, 1.165) is 51.7 Å². The molecule has 0 spiro atoms. The summed E-state index contributed by atoms with van der Waals surface area (Å²) < 4.78 is 68.0. The molecule has 0 fully saturated rings. The monoisotopic (exact) mass is 553 g/mol. The molecule has 0 N–H and O–H groups in total. The fourth-order valence-electron chi connectivity index (χ4n) is 4.43. The van der Waals surface area contributed by atoms with Crippen LogP contribution in [0.1, 0.15) is 94.5 Å². The van der Waals surface area contributed by atoms with Crippen LogP contribution in [0.2, 0.25) is 0 Å². The smallest absolute Gasteiger partial charge is 0.287 e. The van der Waals surface area contributed by atoms with Crippen molar-refractivity contribution >= 4 is 0 Å². The number of aromatic nitrogens is 3. The number of halogens is 3. The van der Waals surface area contributed by atoms with Crippen LogP contribution in [0.15, 0.2) is 18.5 Å². The molecule has 2 heterocycles. The normalized spacial score (nSPS) is 16.2. The molecule has 0 aromatic carbocycles. The molecular formula is C29H42F3N3O4. The fraction of sp³-hybridized carbons (Fsp3) is 0.690. The van der Waals surface area contributed by atoms with Gasteiger partial charge in [0.25, 0.3) is 5.92 Å². The summed E-state index contributed by atoms with van der Waals surface area (Å²) in [5.41, 5.74) is -0.489. The van der Waals surface area contributed by atoms with Crippen molar-refractivity contribution in [3.63, 3.8) is 0 Å². The van der Waals surface area contributed by atoms with Gasteiger partial charge >= 0.3 is 0 Å². The average Bonchev–Trinajstić information content (AvgIpc) is 2.92. The van der Waals surface area contributed by atoms with Crippen LogP contribution in [-0.2, 0) is 21.8 Å². The zero-order valence-electron chi connectivity index (χ0n) is 23.2. The van der Waals surface area contributed by atoms with Crippen LogP contribution in [0.5, 0.6) is 11.6 Å². The molecule has 0 aliphatic heterocycles. The first-order valence-corrected chi connectivity index (χ1v) is 14.3. The van der Waals surface area contributed by atoms with Crippen LogP contribution in [0.25, 0.3) is 0 Å². The molecule has 10 heteroatoms. The first-order chi connectivity index (χ1) is 19.0. The van der Waals surface area contributed by atoms with Gasteiger partial charge in [-0.3, -0.25) is 0 Å². The van der Waals surface area contributed by atoms with E-state index >= 15 is 8.78 Å². The van der Waals surface area contributed by atoms with Crippen molar-refractivity contribution in [2.24, 2.45) is 0 Å². The van der Waals surface area contributed by atoms with Crippen molar-refractivity contribution in [2.45, 2.75) is 89.9 Å². The predicted octanol–water partition coefficient (Wildman–Crippen LogP) is 6.78. The van der Waals surface area contributed by atoms with Gasteiger partial charge in [-0.15, -0.1) is 0 Å². The van der Waals surface area contributed by atoms with E-state index in [1.807, 2.05) is 0 Å². The van der Waals surface area contributed by atoms with Gasteiger partial charge in [0.2, 0.25) is 11.8 Å². The molecule has 0 bridgehead atoms. The third-order valence-corrected chi connectivity index (χ3v) is 6.64. The van der Waals surface area contributed by atoms with Crippen LogP contribution in [0.3, 0.4) is 0 Å². The number of pyridine rings is 1. The molecule has 1 unspecified atom stereocenters. The van der Waals surface area contributed by atoms with Crippen molar-refractivity contribution < 1.29 is 32.1 Å². The van der Waals surface area contributed by atoms with E-state index in [1.165, 1.54) is 18.5 Å². The van der Waals surface area contributed by atoms with Crippen LogP contribution in [-0.4, -0.2) is 54.6 Å². The van der Waals surface area contributed by atoms with Gasteiger partial charge in [0.15, 0.2) is 5.75 Å². The maximum atomic E-state index is 15.5. The fourth-order valence-corrected chi connectivity index (χ4v) is 4.43. The Hall–Kier alpha value is -2.46. The van der Waals surface area contributed by atoms with Gasteiger partial charge in [0.1, 0.15) is 5.82 Å². The Kier molecular flexibility index (Phi) is 13.2. The summed E-state index contributed by atoms with van der Waals surface area (Å²) in [5.74, 6) is -5.69. The molecule has 2 aromatic heterocycles. The third-order valence-electron chi connectivity index (χ3n) is 6.64. The molecule has 0 saturated carbocycles. The first-order valence-electron chi connectivity index (χ1n) is 14.3. The quantitative estimate of drug-likeness (QED) is 0.140. The van der Waals surface area contributed by atoms with E-state index in [1.54, 1.807) is 0 Å². The highest BCUT2D eigenvalue weighted by molar-refractivity contribution is 5.38. The standard InChI is InChI=1S/C29H42F3N3O4/c1-3-5-7-14-37-16-10-18-38-23-20-33-28(34-21-23)24-12-11-22-19-25(35-27(30)26(22)29(24,31)32)39-17-9-8-15-36-13-6-4-2/h19-21,24H,3-18H2,1-2H3. The molecule has 218 valence electrons. The number of fused-ring (bicyclic) bond motifs is 1. The Bertz CT molecular complexity index is 979. The lowest BCUT2D eigenvalue weighted by Crippen LogP contribution is -2.33. The van der Waals surface area contributed by atoms with Gasteiger partial charge in [-0.05, 0) is 44.1 Å². The van der Waals surface area contributed by atoms with Crippen LogP contribution < -0.4 is 9.47 Å². The average molecular weight is 554 g/mol. The largest absolute Gasteiger partial charge is 0.490 e. The van der Waals surface area contributed by atoms with Crippen molar-refractivity contribution in [2.75, 3.05) is 39.6 Å². The Labute approximate surface area is 229 Å². The molecule has 39 heavy (non-hydrogen) atoms. The van der Waals surface area contributed by atoms with Gasteiger partial charge in [-0.2, -0.15) is 9.37 Å². The number of aryl methyl sites for hydroxylation is 1. The number of alkyl halides is 2. The van der Waals surface area contributed by atoms with Gasteiger partial charge in [-0.25, -0.2) is 18.7 Å². The Balaban J connectivity index is 1.49. The number of hydrogen-bond acceptors (Lipinski definition) is 7. The molecule has 0 radical (unpaired) electrons. The topological polar surface area (TPSA) is 75.6 Å². The van der Waals surface area contributed by atoms with Crippen molar-refractivity contribution in [1.82, 2.24) is 15.0 Å². The van der Waals surface area contributed by atoms with Crippen molar-refractivity contribution in [1.29, 1.82) is 0 Å². The van der Waals surface area contributed by atoms with Crippen LogP contribution in [0, 0.1) is 5.95 Å². The summed E-state index contributed by atoms with van der Waals surface area (Å²) in [7, 11) is 0. The van der Waals surface area contributed by atoms with Crippen LogP contribution in [0.4, 0.5) is 13.2 Å². The first kappa shape index (κ1) is 31.1. The second kappa shape index (κ2) is 16.6. The molecule has 3 rings (SSSR count). The lowest BCUT2D eigenvalue weighted by atomic mass is 9.80. The van der Waals surface area contributed by atoms with Gasteiger partial charge in [0, 0.05) is 38.9 Å². The van der Waals surface area contributed by atoms with E-state index in [0.29, 0.717) is 45.0 Å². The SMILES string of the molecule is CCCCCOCCCOc1cnc(C2CCc3cc(OCCCCOCCCC)nc(F)c3C2(F)F)nc1. The third kappa shape index (κ3) is 9.60. The zero-order valence-corrected chi connectivity index (χ0v) is 23.2. The van der Waals surface area contributed by atoms with Crippen molar-refractivity contribution in [3.8, 4) is 11.6 Å². The molecule has 1 aliphatic carbocycles. The number of hydrogen-bond donors (Lipinski definition) is 0. The highest BCUT2D eigenvalue weighted by Gasteiger charge is 2.50. The molecule has 7 nitrogen and oxygen atoms in total. The second-order valence-electron chi connectivity index (χ2n) is 9.82. The van der Waals surface area contributed by atoms with Gasteiger partial charge in [-0.1, -0.05) is 33.1 Å². The minimum absolute atomic E-state index is 0.0245. The second-order valence-corrected chi connectivity index (χ2v) is 9.82. The Morgan fingerprint density at radius 3 is 2.15 bits per heavy atom. The molecular weight excluding hydrogens is 511 g/mol. The van der Waals surface area contributed by atoms with Gasteiger partial charge < -0.3 is 18.9 Å². The molecule has 2 aromatic rings. The summed E-state index contributed by atoms with van der Waals surface area (Å²) in [6, 6.07) is 1.42. The summed E-state index contributed by atoms with van der Waals surface area (Å²) in [5, 5.41) is 0. The van der Waals surface area contributed by atoms with E-state index in [9.17, 15) is 4.39 Å². The summed E-state index contributed by atoms with van der Waals surface area (Å²) in [6.07, 6.45) is 10.8. The summed E-state index contributed by atoms with van der Waals surface area (Å²) in [6.45, 7) is 7.68. The maximum Gasteiger partial charge on any atom is 0.287 e.